The number of thioether (sulfide) groups is 1. The predicted octanol–water partition coefficient (Wildman–Crippen LogP) is 3.95. The van der Waals surface area contributed by atoms with E-state index in [2.05, 4.69) is 16.3 Å². The van der Waals surface area contributed by atoms with Crippen LogP contribution in [0.5, 0.6) is 17.2 Å². The lowest BCUT2D eigenvalue weighted by molar-refractivity contribution is 0.102. The molecule has 1 aliphatic heterocycles. The van der Waals surface area contributed by atoms with Gasteiger partial charge in [0.1, 0.15) is 19.0 Å². The van der Waals surface area contributed by atoms with Crippen LogP contribution in [0.25, 0.3) is 16.6 Å². The summed E-state index contributed by atoms with van der Waals surface area (Å²) < 4.78 is 18.4. The molecule has 0 saturated heterocycles. The molecule has 0 amide bonds. The van der Waals surface area contributed by atoms with E-state index in [1.54, 1.807) is 25.3 Å². The Morgan fingerprint density at radius 1 is 1.10 bits per heavy atom. The minimum Gasteiger partial charge on any atom is -0.497 e. The Morgan fingerprint density at radius 2 is 1.93 bits per heavy atom. The second-order valence-corrected chi connectivity index (χ2v) is 7.91. The fourth-order valence-corrected chi connectivity index (χ4v) is 4.38. The van der Waals surface area contributed by atoms with E-state index in [-0.39, 0.29) is 11.5 Å². The van der Waals surface area contributed by atoms with E-state index < -0.39 is 0 Å². The largest absolute Gasteiger partial charge is 0.497 e. The molecule has 0 saturated carbocycles. The van der Waals surface area contributed by atoms with Gasteiger partial charge in [0.2, 0.25) is 0 Å². The quantitative estimate of drug-likeness (QED) is 0.357. The highest BCUT2D eigenvalue weighted by molar-refractivity contribution is 7.99. The fourth-order valence-electron chi connectivity index (χ4n) is 3.54. The number of ether oxygens (including phenoxy) is 3. The van der Waals surface area contributed by atoms with Crippen molar-refractivity contribution in [2.24, 2.45) is 0 Å². The molecule has 3 heterocycles. The zero-order chi connectivity index (χ0) is 20.7. The Hall–Kier alpha value is -3.26. The summed E-state index contributed by atoms with van der Waals surface area (Å²) >= 11 is 1.37. The van der Waals surface area contributed by atoms with Gasteiger partial charge in [0, 0.05) is 10.9 Å². The molecule has 0 radical (unpaired) electrons. The first-order valence-corrected chi connectivity index (χ1v) is 10.5. The lowest BCUT2D eigenvalue weighted by Gasteiger charge is -2.18. The summed E-state index contributed by atoms with van der Waals surface area (Å²) in [7, 11) is 1.65. The highest BCUT2D eigenvalue weighted by atomic mass is 32.2. The third-order valence-electron chi connectivity index (χ3n) is 5.03. The van der Waals surface area contributed by atoms with Gasteiger partial charge < -0.3 is 14.2 Å². The number of Topliss-reactive ketones (excluding diaryl/α,β-unsaturated/α-hetero) is 1. The van der Waals surface area contributed by atoms with Gasteiger partial charge in [-0.2, -0.15) is 0 Å². The number of aromatic nitrogens is 3. The minimum absolute atomic E-state index is 0.00708. The standard InChI is InChI=1S/C22H19N3O4S/c1-13-9-15-10-16(27-2)4-5-17(15)25-21(13)23-24-22(25)30-12-18(26)14-3-6-19-20(11-14)29-8-7-28-19/h3-6,9-11H,7-8,12H2,1-2H3. The number of hydrogen-bond donors (Lipinski definition) is 0. The number of pyridine rings is 1. The van der Waals surface area contributed by atoms with E-state index in [0.29, 0.717) is 35.4 Å². The predicted molar refractivity (Wildman–Crippen MR) is 114 cm³/mol. The maximum Gasteiger partial charge on any atom is 0.196 e. The summed E-state index contributed by atoms with van der Waals surface area (Å²) in [5.41, 5.74) is 3.34. The van der Waals surface area contributed by atoms with Crippen LogP contribution in [-0.4, -0.2) is 46.5 Å². The molecule has 0 atom stereocenters. The van der Waals surface area contributed by atoms with Crippen LogP contribution in [0.1, 0.15) is 15.9 Å². The minimum atomic E-state index is -0.00708. The number of methoxy groups -OCH3 is 1. The monoisotopic (exact) mass is 421 g/mol. The summed E-state index contributed by atoms with van der Waals surface area (Å²) in [5.74, 6) is 2.31. The van der Waals surface area contributed by atoms with Gasteiger partial charge in [0.05, 0.1) is 18.4 Å². The van der Waals surface area contributed by atoms with Crippen molar-refractivity contribution in [1.29, 1.82) is 0 Å². The lowest BCUT2D eigenvalue weighted by Crippen LogP contribution is -2.16. The highest BCUT2D eigenvalue weighted by Crippen LogP contribution is 2.32. The van der Waals surface area contributed by atoms with Gasteiger partial charge in [-0.3, -0.25) is 9.20 Å². The number of rotatable bonds is 5. The van der Waals surface area contributed by atoms with Crippen LogP contribution in [0.2, 0.25) is 0 Å². The molecule has 2 aromatic heterocycles. The lowest BCUT2D eigenvalue weighted by atomic mass is 10.1. The second-order valence-electron chi connectivity index (χ2n) is 6.96. The molecule has 0 unspecified atom stereocenters. The van der Waals surface area contributed by atoms with E-state index in [4.69, 9.17) is 14.2 Å². The molecule has 0 aliphatic carbocycles. The molecule has 1 aliphatic rings. The zero-order valence-electron chi connectivity index (χ0n) is 16.5. The summed E-state index contributed by atoms with van der Waals surface area (Å²) in [4.78, 5) is 12.8. The van der Waals surface area contributed by atoms with Crippen LogP contribution in [0.15, 0.2) is 47.6 Å². The van der Waals surface area contributed by atoms with E-state index in [0.717, 1.165) is 27.9 Å². The molecule has 152 valence electrons. The van der Waals surface area contributed by atoms with Crippen LogP contribution >= 0.6 is 11.8 Å². The fraction of sp³-hybridized carbons (Fsp3) is 0.227. The molecule has 30 heavy (non-hydrogen) atoms. The normalized spacial score (nSPS) is 13.0. The Labute approximate surface area is 177 Å². The van der Waals surface area contributed by atoms with Crippen molar-refractivity contribution in [3.63, 3.8) is 0 Å². The van der Waals surface area contributed by atoms with Crippen LogP contribution in [0.3, 0.4) is 0 Å². The van der Waals surface area contributed by atoms with Crippen molar-refractivity contribution in [1.82, 2.24) is 14.6 Å². The molecule has 5 rings (SSSR count). The third-order valence-corrected chi connectivity index (χ3v) is 5.96. The van der Waals surface area contributed by atoms with Crippen molar-refractivity contribution in [3.8, 4) is 17.2 Å². The van der Waals surface area contributed by atoms with Gasteiger partial charge in [-0.15, -0.1) is 10.2 Å². The molecule has 0 fully saturated rings. The average Bonchev–Trinajstić information content (AvgIpc) is 3.21. The number of ketones is 1. The Bertz CT molecular complexity index is 1280. The van der Waals surface area contributed by atoms with E-state index in [1.807, 2.05) is 29.5 Å². The van der Waals surface area contributed by atoms with Crippen LogP contribution in [0.4, 0.5) is 0 Å². The summed E-state index contributed by atoms with van der Waals surface area (Å²) in [6.45, 7) is 3.01. The number of benzene rings is 2. The maximum atomic E-state index is 12.8. The van der Waals surface area contributed by atoms with Crippen molar-refractivity contribution < 1.29 is 19.0 Å². The summed E-state index contributed by atoms with van der Waals surface area (Å²) in [5, 5.41) is 10.4. The number of nitrogens with zero attached hydrogens (tertiary/aromatic N) is 3. The Balaban J connectivity index is 1.45. The van der Waals surface area contributed by atoms with Gasteiger partial charge in [0.25, 0.3) is 0 Å². The number of carbonyl (C=O) groups excluding carboxylic acids is 1. The van der Waals surface area contributed by atoms with Crippen molar-refractivity contribution in [3.05, 3.63) is 53.6 Å². The van der Waals surface area contributed by atoms with Crippen molar-refractivity contribution in [2.75, 3.05) is 26.1 Å². The highest BCUT2D eigenvalue weighted by Gasteiger charge is 2.17. The number of carbonyl (C=O) groups is 1. The Morgan fingerprint density at radius 3 is 2.77 bits per heavy atom. The molecule has 7 nitrogen and oxygen atoms in total. The molecular formula is C22H19N3O4S. The maximum absolute atomic E-state index is 12.8. The van der Waals surface area contributed by atoms with E-state index in [9.17, 15) is 4.79 Å². The third kappa shape index (κ3) is 3.23. The topological polar surface area (TPSA) is 75.0 Å². The number of hydrogen-bond acceptors (Lipinski definition) is 7. The van der Waals surface area contributed by atoms with Crippen LogP contribution < -0.4 is 14.2 Å². The van der Waals surface area contributed by atoms with E-state index >= 15 is 0 Å². The van der Waals surface area contributed by atoms with Gasteiger partial charge in [-0.1, -0.05) is 11.8 Å². The molecule has 8 heteroatoms. The smallest absolute Gasteiger partial charge is 0.196 e. The molecule has 4 aromatic rings. The molecular weight excluding hydrogens is 402 g/mol. The van der Waals surface area contributed by atoms with Gasteiger partial charge in [-0.05, 0) is 55.0 Å². The average molecular weight is 421 g/mol. The van der Waals surface area contributed by atoms with Gasteiger partial charge in [0.15, 0.2) is 28.1 Å². The van der Waals surface area contributed by atoms with Gasteiger partial charge >= 0.3 is 0 Å². The molecule has 0 spiro atoms. The summed E-state index contributed by atoms with van der Waals surface area (Å²) in [6.07, 6.45) is 0. The van der Waals surface area contributed by atoms with Crippen molar-refractivity contribution >= 4 is 34.1 Å². The summed E-state index contributed by atoms with van der Waals surface area (Å²) in [6, 6.07) is 13.2. The molecule has 2 aromatic carbocycles. The first-order chi connectivity index (χ1) is 14.6. The molecule has 0 bridgehead atoms. The first-order valence-electron chi connectivity index (χ1n) is 9.52. The van der Waals surface area contributed by atoms with Gasteiger partial charge in [-0.25, -0.2) is 0 Å². The SMILES string of the molecule is COc1ccc2c(c1)cc(C)c1nnc(SCC(=O)c3ccc4c(c3)OCCO4)n12. The molecule has 0 N–H and O–H groups in total. The first kappa shape index (κ1) is 18.7. The second kappa shape index (κ2) is 7.53. The number of fused-ring (bicyclic) bond motifs is 4. The van der Waals surface area contributed by atoms with E-state index in [1.165, 1.54) is 11.8 Å². The number of aryl methyl sites for hydroxylation is 1. The van der Waals surface area contributed by atoms with Crippen LogP contribution in [0, 0.1) is 6.92 Å². The van der Waals surface area contributed by atoms with Crippen LogP contribution in [-0.2, 0) is 0 Å². The Kier molecular flexibility index (Phi) is 4.71. The van der Waals surface area contributed by atoms with Crippen molar-refractivity contribution in [2.45, 2.75) is 12.1 Å². The zero-order valence-corrected chi connectivity index (χ0v) is 17.4.